The standard InChI is InChI=1S/C20H29ClN4O2/c1-20(2,3)14-25-10-9-24(12-17(25)8-11-26)13-18-22-19(23-27-18)15-4-6-16(21)7-5-15/h4-7,17,26H,8-14H2,1-3H3/t17-/m1/s1. The van der Waals surface area contributed by atoms with Gasteiger partial charge in [0.25, 0.3) is 0 Å². The van der Waals surface area contributed by atoms with Crippen molar-refractivity contribution in [3.8, 4) is 11.4 Å². The van der Waals surface area contributed by atoms with Gasteiger partial charge in [-0.15, -0.1) is 0 Å². The van der Waals surface area contributed by atoms with E-state index in [-0.39, 0.29) is 12.0 Å². The van der Waals surface area contributed by atoms with Gasteiger partial charge in [0.05, 0.1) is 6.54 Å². The van der Waals surface area contributed by atoms with Crippen molar-refractivity contribution >= 4 is 11.6 Å². The van der Waals surface area contributed by atoms with Crippen LogP contribution in [0.15, 0.2) is 28.8 Å². The molecule has 1 saturated heterocycles. The summed E-state index contributed by atoms with van der Waals surface area (Å²) in [7, 11) is 0. The summed E-state index contributed by atoms with van der Waals surface area (Å²) in [6.07, 6.45) is 0.784. The Bertz CT molecular complexity index is 726. The maximum atomic E-state index is 9.46. The minimum atomic E-state index is 0.209. The Morgan fingerprint density at radius 2 is 1.96 bits per heavy atom. The van der Waals surface area contributed by atoms with Crippen LogP contribution in [-0.2, 0) is 6.54 Å². The second-order valence-electron chi connectivity index (χ2n) is 8.45. The SMILES string of the molecule is CC(C)(C)CN1CCN(Cc2nc(-c3ccc(Cl)cc3)no2)C[C@H]1CCO. The van der Waals surface area contributed by atoms with Gasteiger partial charge in [-0.1, -0.05) is 37.5 Å². The molecule has 1 fully saturated rings. The summed E-state index contributed by atoms with van der Waals surface area (Å²) in [5, 5.41) is 14.2. The van der Waals surface area contributed by atoms with Gasteiger partial charge in [-0.25, -0.2) is 0 Å². The van der Waals surface area contributed by atoms with E-state index in [1.165, 1.54) is 0 Å². The predicted molar refractivity (Wildman–Crippen MR) is 107 cm³/mol. The first-order chi connectivity index (χ1) is 12.8. The molecule has 7 heteroatoms. The molecule has 0 amide bonds. The molecule has 1 N–H and O–H groups in total. The van der Waals surface area contributed by atoms with Crippen LogP contribution >= 0.6 is 11.6 Å². The van der Waals surface area contributed by atoms with E-state index in [4.69, 9.17) is 16.1 Å². The highest BCUT2D eigenvalue weighted by Crippen LogP contribution is 2.23. The molecule has 27 heavy (non-hydrogen) atoms. The summed E-state index contributed by atoms with van der Waals surface area (Å²) in [5.41, 5.74) is 1.14. The van der Waals surface area contributed by atoms with Crippen LogP contribution in [0.4, 0.5) is 0 Å². The highest BCUT2D eigenvalue weighted by molar-refractivity contribution is 6.30. The van der Waals surface area contributed by atoms with Gasteiger partial charge in [-0.2, -0.15) is 4.98 Å². The van der Waals surface area contributed by atoms with E-state index in [0.29, 0.717) is 29.3 Å². The molecule has 0 unspecified atom stereocenters. The maximum absolute atomic E-state index is 9.46. The number of halogens is 1. The van der Waals surface area contributed by atoms with E-state index in [1.807, 2.05) is 24.3 Å². The van der Waals surface area contributed by atoms with Gasteiger partial charge < -0.3 is 9.63 Å². The van der Waals surface area contributed by atoms with Gasteiger partial charge >= 0.3 is 0 Å². The Balaban J connectivity index is 1.62. The van der Waals surface area contributed by atoms with Crippen LogP contribution < -0.4 is 0 Å². The van der Waals surface area contributed by atoms with Crippen molar-refractivity contribution in [2.75, 3.05) is 32.8 Å². The van der Waals surface area contributed by atoms with Crippen molar-refractivity contribution in [2.24, 2.45) is 5.41 Å². The van der Waals surface area contributed by atoms with Crippen molar-refractivity contribution in [1.82, 2.24) is 19.9 Å². The normalized spacial score (nSPS) is 19.5. The first kappa shape index (κ1) is 20.3. The first-order valence-corrected chi connectivity index (χ1v) is 9.88. The molecule has 1 aliphatic heterocycles. The molecule has 0 spiro atoms. The molecule has 6 nitrogen and oxygen atoms in total. The molecule has 0 aliphatic carbocycles. The fraction of sp³-hybridized carbons (Fsp3) is 0.600. The van der Waals surface area contributed by atoms with Crippen molar-refractivity contribution in [3.05, 3.63) is 35.2 Å². The lowest BCUT2D eigenvalue weighted by Gasteiger charge is -2.43. The Morgan fingerprint density at radius 1 is 1.22 bits per heavy atom. The lowest BCUT2D eigenvalue weighted by atomic mass is 9.94. The van der Waals surface area contributed by atoms with Crippen molar-refractivity contribution in [2.45, 2.75) is 39.8 Å². The average molecular weight is 393 g/mol. The van der Waals surface area contributed by atoms with E-state index in [2.05, 4.69) is 40.7 Å². The van der Waals surface area contributed by atoms with Crippen molar-refractivity contribution < 1.29 is 9.63 Å². The molecule has 0 saturated carbocycles. The van der Waals surface area contributed by atoms with E-state index in [9.17, 15) is 5.11 Å². The molecule has 1 aliphatic rings. The number of aromatic nitrogens is 2. The highest BCUT2D eigenvalue weighted by atomic mass is 35.5. The van der Waals surface area contributed by atoms with Crippen LogP contribution in [0.25, 0.3) is 11.4 Å². The molecule has 148 valence electrons. The molecule has 1 aromatic carbocycles. The molecule has 2 aromatic rings. The lowest BCUT2D eigenvalue weighted by Crippen LogP contribution is -2.54. The largest absolute Gasteiger partial charge is 0.396 e. The van der Waals surface area contributed by atoms with Crippen LogP contribution in [0.1, 0.15) is 33.1 Å². The number of aliphatic hydroxyl groups excluding tert-OH is 1. The van der Waals surface area contributed by atoms with Crippen molar-refractivity contribution in [3.63, 3.8) is 0 Å². The number of hydrogen-bond donors (Lipinski definition) is 1. The Hall–Kier alpha value is -1.47. The van der Waals surface area contributed by atoms with E-state index in [1.54, 1.807) is 0 Å². The third-order valence-corrected chi connectivity index (χ3v) is 5.01. The molecular weight excluding hydrogens is 364 g/mol. The summed E-state index contributed by atoms with van der Waals surface area (Å²) in [6.45, 7) is 11.5. The maximum Gasteiger partial charge on any atom is 0.241 e. The molecule has 0 bridgehead atoms. The quantitative estimate of drug-likeness (QED) is 0.813. The minimum absolute atomic E-state index is 0.209. The van der Waals surface area contributed by atoms with Gasteiger partial charge in [-0.3, -0.25) is 9.80 Å². The number of hydrogen-bond acceptors (Lipinski definition) is 6. The van der Waals surface area contributed by atoms with Crippen molar-refractivity contribution in [1.29, 1.82) is 0 Å². The fourth-order valence-corrected chi connectivity index (χ4v) is 3.69. The smallest absolute Gasteiger partial charge is 0.241 e. The summed E-state index contributed by atoms with van der Waals surface area (Å²) in [6, 6.07) is 7.77. The van der Waals surface area contributed by atoms with Gasteiger partial charge in [0, 0.05) is 49.4 Å². The van der Waals surface area contributed by atoms with Gasteiger partial charge in [0.15, 0.2) is 0 Å². The van der Waals surface area contributed by atoms with Crippen LogP contribution in [-0.4, -0.2) is 63.9 Å². The zero-order chi connectivity index (χ0) is 19.4. The third kappa shape index (κ3) is 5.75. The summed E-state index contributed by atoms with van der Waals surface area (Å²) in [4.78, 5) is 9.36. The van der Waals surface area contributed by atoms with Crippen LogP contribution in [0.5, 0.6) is 0 Å². The number of benzene rings is 1. The van der Waals surface area contributed by atoms with Crippen LogP contribution in [0.3, 0.4) is 0 Å². The Morgan fingerprint density at radius 3 is 2.63 bits per heavy atom. The van der Waals surface area contributed by atoms with Gasteiger partial charge in [0.1, 0.15) is 0 Å². The zero-order valence-electron chi connectivity index (χ0n) is 16.4. The second-order valence-corrected chi connectivity index (χ2v) is 8.89. The van der Waals surface area contributed by atoms with Gasteiger partial charge in [-0.05, 0) is 36.1 Å². The second kappa shape index (κ2) is 8.69. The Labute approximate surface area is 166 Å². The number of aliphatic hydroxyl groups is 1. The van der Waals surface area contributed by atoms with E-state index in [0.717, 1.165) is 38.2 Å². The molecular formula is C20H29ClN4O2. The molecule has 1 atom stereocenters. The number of piperazine rings is 1. The molecule has 0 radical (unpaired) electrons. The average Bonchev–Trinajstić information content (AvgIpc) is 3.05. The zero-order valence-corrected chi connectivity index (χ0v) is 17.1. The van der Waals surface area contributed by atoms with Crippen LogP contribution in [0, 0.1) is 5.41 Å². The first-order valence-electron chi connectivity index (χ1n) is 9.50. The fourth-order valence-electron chi connectivity index (χ4n) is 3.57. The Kier molecular flexibility index (Phi) is 6.52. The molecule has 2 heterocycles. The predicted octanol–water partition coefficient (Wildman–Crippen LogP) is 3.30. The molecule has 1 aromatic heterocycles. The third-order valence-electron chi connectivity index (χ3n) is 4.76. The number of rotatable bonds is 6. The van der Waals surface area contributed by atoms with Gasteiger partial charge in [0.2, 0.25) is 11.7 Å². The van der Waals surface area contributed by atoms with Crippen LogP contribution in [0.2, 0.25) is 5.02 Å². The summed E-state index contributed by atoms with van der Waals surface area (Å²) >= 11 is 5.93. The summed E-state index contributed by atoms with van der Waals surface area (Å²) in [5.74, 6) is 1.20. The summed E-state index contributed by atoms with van der Waals surface area (Å²) < 4.78 is 5.46. The minimum Gasteiger partial charge on any atom is -0.396 e. The number of nitrogens with zero attached hydrogens (tertiary/aromatic N) is 4. The monoisotopic (exact) mass is 392 g/mol. The topological polar surface area (TPSA) is 65.6 Å². The highest BCUT2D eigenvalue weighted by Gasteiger charge is 2.30. The van der Waals surface area contributed by atoms with E-state index >= 15 is 0 Å². The molecule has 3 rings (SSSR count). The van der Waals surface area contributed by atoms with E-state index < -0.39 is 0 Å². The lowest BCUT2D eigenvalue weighted by molar-refractivity contribution is 0.0300.